The molecule has 0 aliphatic rings. The standard InChI is InChI=1S/C24H51P.Cl4Ge/c1-4-7-10-13-16-19-22-25(23-20-17-14-11-8-5-2)24-21-18-15-12-9-6-3;1-5(2,3)4/h4-24H2,1-3H3;. The second-order valence-corrected chi connectivity index (χ2v) is 30.9. The number of halogens is 4. The van der Waals surface area contributed by atoms with Crippen LogP contribution in [0, 0.1) is 0 Å². The van der Waals surface area contributed by atoms with Crippen molar-refractivity contribution in [2.75, 3.05) is 18.5 Å². The fourth-order valence-corrected chi connectivity index (χ4v) is 6.37. The summed E-state index contributed by atoms with van der Waals surface area (Å²) < 4.78 is 0. The van der Waals surface area contributed by atoms with E-state index in [1.165, 1.54) is 116 Å². The van der Waals surface area contributed by atoms with E-state index in [1.807, 2.05) is 0 Å². The van der Waals surface area contributed by atoms with Crippen molar-refractivity contribution in [2.45, 2.75) is 136 Å². The number of hydrogen-bond donors (Lipinski definition) is 0. The zero-order valence-corrected chi connectivity index (χ0v) is 26.3. The zero-order chi connectivity index (χ0) is 22.9. The molecule has 0 fully saturated rings. The minimum atomic E-state index is -3.11. The number of unbranched alkanes of at least 4 members (excludes halogenated alkanes) is 15. The molecule has 6 heteroatoms. The summed E-state index contributed by atoms with van der Waals surface area (Å²) in [4.78, 5) is 0. The van der Waals surface area contributed by atoms with Crippen molar-refractivity contribution in [3.05, 3.63) is 0 Å². The van der Waals surface area contributed by atoms with Crippen LogP contribution in [0.2, 0.25) is 0 Å². The SMILES string of the molecule is CCCCCCCCP(CCCCCCCC)CCCCCCCC.[Cl][Ge]([Cl])([Cl])[Cl]. The van der Waals surface area contributed by atoms with Crippen molar-refractivity contribution in [3.8, 4) is 0 Å². The maximum absolute atomic E-state index is 5.01. The molecular formula is C24H51Cl4GeP. The molecule has 0 unspecified atom stereocenters. The third kappa shape index (κ3) is 37.4. The van der Waals surface area contributed by atoms with Crippen LogP contribution in [-0.4, -0.2) is 28.0 Å². The molecule has 0 spiro atoms. The van der Waals surface area contributed by atoms with Gasteiger partial charge in [0.1, 0.15) is 0 Å². The van der Waals surface area contributed by atoms with Crippen molar-refractivity contribution in [1.82, 2.24) is 0 Å². The molecule has 0 saturated heterocycles. The van der Waals surface area contributed by atoms with E-state index in [4.69, 9.17) is 40.0 Å². The van der Waals surface area contributed by atoms with Crippen LogP contribution >= 0.6 is 48.0 Å². The van der Waals surface area contributed by atoms with Crippen LogP contribution in [0.4, 0.5) is 0 Å². The summed E-state index contributed by atoms with van der Waals surface area (Å²) in [5.74, 6) is 0. The third-order valence-electron chi connectivity index (χ3n) is 5.48. The summed E-state index contributed by atoms with van der Waals surface area (Å²) in [7, 11) is 17.3. The van der Waals surface area contributed by atoms with E-state index in [0.717, 1.165) is 0 Å². The quantitative estimate of drug-likeness (QED) is 0.0715. The maximum atomic E-state index is 5.01. The molecule has 0 bridgehead atoms. The van der Waals surface area contributed by atoms with E-state index in [-0.39, 0.29) is 0 Å². The average Bonchev–Trinajstić information content (AvgIpc) is 2.68. The molecule has 0 rings (SSSR count). The van der Waals surface area contributed by atoms with Gasteiger partial charge in [-0.05, 0) is 37.7 Å². The summed E-state index contributed by atoms with van der Waals surface area (Å²) >= 11 is 0. The van der Waals surface area contributed by atoms with Gasteiger partial charge in [0.25, 0.3) is 0 Å². The van der Waals surface area contributed by atoms with Crippen molar-refractivity contribution in [2.24, 2.45) is 0 Å². The van der Waals surface area contributed by atoms with Crippen LogP contribution < -0.4 is 0 Å². The van der Waals surface area contributed by atoms with E-state index in [9.17, 15) is 0 Å². The molecular weight excluding hydrogens is 534 g/mol. The first-order chi connectivity index (χ1) is 14.3. The molecule has 0 aliphatic carbocycles. The van der Waals surface area contributed by atoms with E-state index in [1.54, 1.807) is 18.5 Å². The van der Waals surface area contributed by atoms with Gasteiger partial charge in [-0.25, -0.2) is 0 Å². The molecule has 0 N–H and O–H groups in total. The average molecular weight is 585 g/mol. The first-order valence-corrected chi connectivity index (χ1v) is 25.8. The molecule has 0 saturated carbocycles. The second-order valence-electron chi connectivity index (χ2n) is 8.57. The molecule has 0 aromatic carbocycles. The zero-order valence-electron chi connectivity index (χ0n) is 20.3. The van der Waals surface area contributed by atoms with E-state index >= 15 is 0 Å². The van der Waals surface area contributed by atoms with Gasteiger partial charge < -0.3 is 0 Å². The van der Waals surface area contributed by atoms with Gasteiger partial charge in [0.15, 0.2) is 0 Å². The fourth-order valence-electron chi connectivity index (χ4n) is 3.68. The molecule has 0 atom stereocenters. The minimum absolute atomic E-state index is 0.366. The predicted octanol–water partition coefficient (Wildman–Crippen LogP) is 11.9. The third-order valence-corrected chi connectivity index (χ3v) is 8.33. The number of hydrogen-bond acceptors (Lipinski definition) is 0. The van der Waals surface area contributed by atoms with E-state index in [2.05, 4.69) is 20.8 Å². The van der Waals surface area contributed by atoms with Gasteiger partial charge >= 0.3 is 49.6 Å². The Morgan fingerprint density at radius 3 is 0.833 bits per heavy atom. The second kappa shape index (κ2) is 27.4. The number of rotatable bonds is 21. The molecule has 0 heterocycles. The van der Waals surface area contributed by atoms with Crippen LogP contribution in [0.1, 0.15) is 136 Å². The van der Waals surface area contributed by atoms with Gasteiger partial charge in [-0.1, -0.05) is 117 Å². The van der Waals surface area contributed by atoms with Gasteiger partial charge in [-0.15, -0.1) is 7.92 Å². The Kier molecular flexibility index (Phi) is 31.3. The molecule has 0 nitrogen and oxygen atoms in total. The van der Waals surface area contributed by atoms with Crippen molar-refractivity contribution < 1.29 is 0 Å². The van der Waals surface area contributed by atoms with E-state index < -0.39 is 9.55 Å². The summed E-state index contributed by atoms with van der Waals surface area (Å²) in [5, 5.41) is 0. The van der Waals surface area contributed by atoms with Crippen LogP contribution in [0.3, 0.4) is 0 Å². The summed E-state index contributed by atoms with van der Waals surface area (Å²) in [6.45, 7) is 6.96. The van der Waals surface area contributed by atoms with Crippen LogP contribution in [-0.2, 0) is 0 Å². The summed E-state index contributed by atoms with van der Waals surface area (Å²) in [6, 6.07) is 0. The topological polar surface area (TPSA) is 0 Å². The molecule has 30 heavy (non-hydrogen) atoms. The Bertz CT molecular complexity index is 270. The van der Waals surface area contributed by atoms with Gasteiger partial charge in [-0.2, -0.15) is 0 Å². The van der Waals surface area contributed by atoms with Gasteiger partial charge in [0.2, 0.25) is 0 Å². The van der Waals surface area contributed by atoms with Crippen LogP contribution in [0.15, 0.2) is 0 Å². The van der Waals surface area contributed by atoms with Gasteiger partial charge in [0, 0.05) is 0 Å². The Hall–Kier alpha value is 2.13. The molecule has 0 aromatic rings. The fraction of sp³-hybridized carbons (Fsp3) is 1.00. The Labute approximate surface area is 211 Å². The van der Waals surface area contributed by atoms with Gasteiger partial charge in [-0.3, -0.25) is 0 Å². The monoisotopic (exact) mass is 584 g/mol. The summed E-state index contributed by atoms with van der Waals surface area (Å²) in [6.07, 6.45) is 31.2. The normalized spacial score (nSPS) is 11.6. The van der Waals surface area contributed by atoms with Gasteiger partial charge in [0.05, 0.1) is 0 Å². The van der Waals surface area contributed by atoms with Crippen molar-refractivity contribution >= 4 is 57.5 Å². The van der Waals surface area contributed by atoms with E-state index in [0.29, 0.717) is 7.92 Å². The summed E-state index contributed by atoms with van der Waals surface area (Å²) in [5.41, 5.74) is 0. The van der Waals surface area contributed by atoms with Crippen molar-refractivity contribution in [1.29, 1.82) is 0 Å². The molecule has 0 aliphatic heterocycles. The van der Waals surface area contributed by atoms with Crippen LogP contribution in [0.25, 0.3) is 0 Å². The Balaban J connectivity index is 0. The molecule has 0 aromatic heterocycles. The molecule has 0 amide bonds. The Morgan fingerprint density at radius 1 is 0.400 bits per heavy atom. The predicted molar refractivity (Wildman–Crippen MR) is 151 cm³/mol. The van der Waals surface area contributed by atoms with Crippen molar-refractivity contribution in [3.63, 3.8) is 0 Å². The Morgan fingerprint density at radius 2 is 0.600 bits per heavy atom. The molecule has 184 valence electrons. The molecule has 0 radical (unpaired) electrons. The van der Waals surface area contributed by atoms with Crippen LogP contribution in [0.5, 0.6) is 0 Å². The first-order valence-electron chi connectivity index (χ1n) is 12.8. The first kappa shape index (κ1) is 34.3.